The van der Waals surface area contributed by atoms with Crippen molar-refractivity contribution in [3.8, 4) is 0 Å². The van der Waals surface area contributed by atoms with Crippen LogP contribution in [0.4, 0.5) is 19.8 Å². The van der Waals surface area contributed by atoms with Gasteiger partial charge in [-0.05, 0) is 49.4 Å². The normalized spacial score (nSPS) is 13.8. The van der Waals surface area contributed by atoms with E-state index in [0.29, 0.717) is 24.3 Å². The molecule has 0 fully saturated rings. The molecule has 43 heavy (non-hydrogen) atoms. The van der Waals surface area contributed by atoms with Crippen LogP contribution in [0.25, 0.3) is 10.8 Å². The number of likely N-dealkylation sites (N-methyl/N-ethyl adjacent to an activating group) is 1. The summed E-state index contributed by atoms with van der Waals surface area (Å²) in [5.74, 6) is 1.67. The summed E-state index contributed by atoms with van der Waals surface area (Å²) in [6.07, 6.45) is 2.34. The number of benzene rings is 2. The number of hydrogen-bond acceptors (Lipinski definition) is 7. The fourth-order valence-corrected chi connectivity index (χ4v) is 5.29. The first-order chi connectivity index (χ1) is 20.8. The molecule has 1 aliphatic heterocycles. The predicted octanol–water partition coefficient (Wildman–Crippen LogP) is 4.98. The van der Waals surface area contributed by atoms with Gasteiger partial charge in [-0.15, -0.1) is 10.2 Å². The SMILES string of the molecule is Cc1nnc2n1CCN(CCC[C@@H](COC(=O)Nc1cc3ccccc3cn1)N(C)C(=O)NCc1cccc(F)c1Cl)C2. The van der Waals surface area contributed by atoms with Gasteiger partial charge in [-0.3, -0.25) is 10.2 Å². The molecule has 2 aromatic heterocycles. The highest BCUT2D eigenvalue weighted by molar-refractivity contribution is 6.31. The lowest BCUT2D eigenvalue weighted by atomic mass is 10.1. The Bertz CT molecular complexity index is 1600. The zero-order valence-corrected chi connectivity index (χ0v) is 24.9. The average Bonchev–Trinajstić information content (AvgIpc) is 3.38. The maximum absolute atomic E-state index is 13.8. The molecule has 0 spiro atoms. The molecule has 0 unspecified atom stereocenters. The van der Waals surface area contributed by atoms with Crippen LogP contribution in [-0.4, -0.2) is 74.5 Å². The van der Waals surface area contributed by atoms with Crippen molar-refractivity contribution >= 4 is 40.3 Å². The van der Waals surface area contributed by atoms with Crippen molar-refractivity contribution in [2.24, 2.45) is 0 Å². The Morgan fingerprint density at radius 3 is 2.79 bits per heavy atom. The quantitative estimate of drug-likeness (QED) is 0.261. The van der Waals surface area contributed by atoms with Crippen LogP contribution in [0.5, 0.6) is 0 Å². The Morgan fingerprint density at radius 1 is 1.14 bits per heavy atom. The number of pyridine rings is 1. The van der Waals surface area contributed by atoms with Gasteiger partial charge in [-0.1, -0.05) is 48.0 Å². The van der Waals surface area contributed by atoms with Crippen LogP contribution in [0.2, 0.25) is 5.02 Å². The lowest BCUT2D eigenvalue weighted by molar-refractivity contribution is 0.110. The first kappa shape index (κ1) is 30.2. The fourth-order valence-electron chi connectivity index (χ4n) is 5.09. The zero-order chi connectivity index (χ0) is 30.3. The number of ether oxygens (including phenoxy) is 1. The zero-order valence-electron chi connectivity index (χ0n) is 24.1. The second-order valence-corrected chi connectivity index (χ2v) is 10.9. The second-order valence-electron chi connectivity index (χ2n) is 10.5. The summed E-state index contributed by atoms with van der Waals surface area (Å²) in [6.45, 7) is 5.16. The molecular formula is C30H34ClFN8O3. The average molecular weight is 609 g/mol. The molecule has 226 valence electrons. The van der Waals surface area contributed by atoms with E-state index in [4.69, 9.17) is 16.3 Å². The molecule has 2 aromatic carbocycles. The number of halogens is 2. The third kappa shape index (κ3) is 7.57. The lowest BCUT2D eigenvalue weighted by Crippen LogP contribution is -2.46. The van der Waals surface area contributed by atoms with Crippen molar-refractivity contribution in [3.05, 3.63) is 82.8 Å². The number of nitrogens with one attached hydrogen (secondary N) is 2. The largest absolute Gasteiger partial charge is 0.447 e. The summed E-state index contributed by atoms with van der Waals surface area (Å²) >= 11 is 6.05. The summed E-state index contributed by atoms with van der Waals surface area (Å²) in [7, 11) is 1.64. The number of aryl methyl sites for hydroxylation is 1. The molecule has 0 radical (unpaired) electrons. The van der Waals surface area contributed by atoms with Gasteiger partial charge in [0.1, 0.15) is 29.9 Å². The minimum absolute atomic E-state index is 0.0302. The topological polar surface area (TPSA) is 118 Å². The summed E-state index contributed by atoms with van der Waals surface area (Å²) in [5.41, 5.74) is 0.465. The van der Waals surface area contributed by atoms with Crippen LogP contribution in [0.1, 0.15) is 30.1 Å². The van der Waals surface area contributed by atoms with E-state index < -0.39 is 24.0 Å². The molecule has 3 amide bonds. The van der Waals surface area contributed by atoms with Gasteiger partial charge in [-0.25, -0.2) is 19.0 Å². The number of amides is 3. The molecule has 1 atom stereocenters. The summed E-state index contributed by atoms with van der Waals surface area (Å²) < 4.78 is 21.5. The molecule has 0 saturated carbocycles. The predicted molar refractivity (Wildman–Crippen MR) is 161 cm³/mol. The molecule has 3 heterocycles. The molecule has 2 N–H and O–H groups in total. The molecule has 4 aromatic rings. The number of rotatable bonds is 10. The standard InChI is InChI=1S/C30H34ClFN8O3/c1-20-36-37-27-18-39(13-14-40(20)27)12-6-10-24(38(2)29(41)34-17-23-9-5-11-25(32)28(23)31)19-43-30(42)35-26-15-21-7-3-4-8-22(21)16-33-26/h3-5,7-9,11,15-16,24H,6,10,12-14,17-19H2,1-2H3,(H,34,41)(H,33,35,42)/t24-/m0/s1. The number of urea groups is 1. The smallest absolute Gasteiger partial charge is 0.412 e. The van der Waals surface area contributed by atoms with Gasteiger partial charge in [0.15, 0.2) is 0 Å². The molecule has 13 heteroatoms. The molecule has 1 aliphatic rings. The number of aromatic nitrogens is 4. The molecule has 11 nitrogen and oxygen atoms in total. The monoisotopic (exact) mass is 608 g/mol. The van der Waals surface area contributed by atoms with Crippen molar-refractivity contribution in [1.82, 2.24) is 34.9 Å². The van der Waals surface area contributed by atoms with Crippen LogP contribution in [0.15, 0.2) is 54.7 Å². The van der Waals surface area contributed by atoms with E-state index in [0.717, 1.165) is 48.5 Å². The van der Waals surface area contributed by atoms with Crippen molar-refractivity contribution in [1.29, 1.82) is 0 Å². The second kappa shape index (κ2) is 13.8. The summed E-state index contributed by atoms with van der Waals surface area (Å²) in [6, 6.07) is 13.1. The highest BCUT2D eigenvalue weighted by Gasteiger charge is 2.24. The third-order valence-electron chi connectivity index (χ3n) is 7.63. The van der Waals surface area contributed by atoms with Crippen molar-refractivity contribution in [2.45, 2.75) is 45.4 Å². The Labute approximate surface area is 254 Å². The van der Waals surface area contributed by atoms with E-state index in [9.17, 15) is 14.0 Å². The van der Waals surface area contributed by atoms with Gasteiger partial charge in [0.25, 0.3) is 0 Å². The van der Waals surface area contributed by atoms with Crippen molar-refractivity contribution < 1.29 is 18.7 Å². The number of anilines is 1. The van der Waals surface area contributed by atoms with Crippen LogP contribution in [0, 0.1) is 12.7 Å². The Kier molecular flexibility index (Phi) is 9.68. The molecule has 0 aliphatic carbocycles. The van der Waals surface area contributed by atoms with Crippen molar-refractivity contribution in [3.63, 3.8) is 0 Å². The van der Waals surface area contributed by atoms with Gasteiger partial charge in [0.2, 0.25) is 0 Å². The van der Waals surface area contributed by atoms with Crippen LogP contribution in [-0.2, 0) is 24.4 Å². The van der Waals surface area contributed by atoms with E-state index >= 15 is 0 Å². The maximum atomic E-state index is 13.8. The van der Waals surface area contributed by atoms with Gasteiger partial charge < -0.3 is 19.5 Å². The van der Waals surface area contributed by atoms with Gasteiger partial charge in [0.05, 0.1) is 17.6 Å². The van der Waals surface area contributed by atoms with Gasteiger partial charge in [-0.2, -0.15) is 0 Å². The first-order valence-electron chi connectivity index (χ1n) is 14.1. The minimum Gasteiger partial charge on any atom is -0.447 e. The van der Waals surface area contributed by atoms with Gasteiger partial charge >= 0.3 is 12.1 Å². The van der Waals surface area contributed by atoms with E-state index in [1.807, 2.05) is 31.2 Å². The Hall–Kier alpha value is -4.29. The van der Waals surface area contributed by atoms with E-state index in [2.05, 4.69) is 35.3 Å². The van der Waals surface area contributed by atoms with Crippen LogP contribution in [0.3, 0.4) is 0 Å². The Balaban J connectivity index is 1.19. The lowest BCUT2D eigenvalue weighted by Gasteiger charge is -2.30. The molecular weight excluding hydrogens is 575 g/mol. The van der Waals surface area contributed by atoms with E-state index in [1.54, 1.807) is 25.4 Å². The van der Waals surface area contributed by atoms with Gasteiger partial charge in [0, 0.05) is 38.3 Å². The minimum atomic E-state index is -0.668. The first-order valence-corrected chi connectivity index (χ1v) is 14.5. The third-order valence-corrected chi connectivity index (χ3v) is 8.05. The highest BCUT2D eigenvalue weighted by Crippen LogP contribution is 2.20. The summed E-state index contributed by atoms with van der Waals surface area (Å²) in [4.78, 5) is 33.9. The molecule has 0 saturated heterocycles. The highest BCUT2D eigenvalue weighted by atomic mass is 35.5. The molecule has 0 bridgehead atoms. The molecule has 5 rings (SSSR count). The number of carbonyl (C=O) groups excluding carboxylic acids is 2. The van der Waals surface area contributed by atoms with E-state index in [-0.39, 0.29) is 18.2 Å². The van der Waals surface area contributed by atoms with E-state index in [1.165, 1.54) is 17.0 Å². The fraction of sp³-hybridized carbons (Fsp3) is 0.367. The number of hydrogen-bond donors (Lipinski definition) is 2. The number of nitrogens with zero attached hydrogens (tertiary/aromatic N) is 6. The maximum Gasteiger partial charge on any atom is 0.412 e. The van der Waals surface area contributed by atoms with Crippen LogP contribution < -0.4 is 10.6 Å². The van der Waals surface area contributed by atoms with Crippen molar-refractivity contribution in [2.75, 3.05) is 32.1 Å². The number of carbonyl (C=O) groups is 2. The Morgan fingerprint density at radius 2 is 1.95 bits per heavy atom. The summed E-state index contributed by atoms with van der Waals surface area (Å²) in [5, 5.41) is 15.8. The van der Waals surface area contributed by atoms with Crippen LogP contribution >= 0.6 is 11.6 Å². The number of fused-ring (bicyclic) bond motifs is 2.